The van der Waals surface area contributed by atoms with Crippen LogP contribution in [0, 0.1) is 0 Å². The minimum absolute atomic E-state index is 0.120. The van der Waals surface area contributed by atoms with Crippen molar-refractivity contribution in [3.63, 3.8) is 0 Å². The third-order valence-electron chi connectivity index (χ3n) is 4.40. The van der Waals surface area contributed by atoms with Gasteiger partial charge in [0.1, 0.15) is 18.6 Å². The third-order valence-corrected chi connectivity index (χ3v) is 4.96. The van der Waals surface area contributed by atoms with Gasteiger partial charge < -0.3 is 29.9 Å². The molecule has 3 atom stereocenters. The van der Waals surface area contributed by atoms with Crippen molar-refractivity contribution < 1.29 is 33.3 Å². The number of hydrogen-bond acceptors (Lipinski definition) is 7. The van der Waals surface area contributed by atoms with Gasteiger partial charge in [0.15, 0.2) is 18.1 Å². The highest BCUT2D eigenvalue weighted by molar-refractivity contribution is 6.37. The molecule has 1 fully saturated rings. The maximum Gasteiger partial charge on any atom is 0.319 e. The van der Waals surface area contributed by atoms with Crippen LogP contribution >= 0.6 is 23.2 Å². The smallest absolute Gasteiger partial charge is 0.319 e. The molecule has 0 aromatic heterocycles. The summed E-state index contributed by atoms with van der Waals surface area (Å²) < 4.78 is 38.4. The van der Waals surface area contributed by atoms with E-state index in [1.807, 2.05) is 0 Å². The number of aliphatic imine (C=N–C) groups is 1. The molecule has 1 aromatic carbocycles. The lowest BCUT2D eigenvalue weighted by Gasteiger charge is -2.31. The molecule has 0 bridgehead atoms. The van der Waals surface area contributed by atoms with Gasteiger partial charge in [0.25, 0.3) is 5.91 Å². The first-order valence-corrected chi connectivity index (χ1v) is 9.09. The molecule has 2 aliphatic heterocycles. The molecule has 3 rings (SSSR count). The van der Waals surface area contributed by atoms with Gasteiger partial charge in [-0.25, -0.2) is 4.99 Å². The Morgan fingerprint density at radius 2 is 2.10 bits per heavy atom. The van der Waals surface area contributed by atoms with Gasteiger partial charge in [0.05, 0.1) is 23.8 Å². The van der Waals surface area contributed by atoms with Crippen LogP contribution in [0.3, 0.4) is 0 Å². The van der Waals surface area contributed by atoms with Gasteiger partial charge in [-0.3, -0.25) is 4.79 Å². The summed E-state index contributed by atoms with van der Waals surface area (Å²) in [6.45, 7) is -1.01. The van der Waals surface area contributed by atoms with Crippen LogP contribution in [0.25, 0.3) is 0 Å². The van der Waals surface area contributed by atoms with E-state index in [-0.39, 0.29) is 33.9 Å². The number of methoxy groups -OCH3 is 1. The van der Waals surface area contributed by atoms with E-state index in [1.54, 1.807) is 0 Å². The largest absolute Gasteiger partial charge is 0.494 e. The second-order valence-electron chi connectivity index (χ2n) is 6.27. The average Bonchev–Trinajstić information content (AvgIpc) is 2.91. The van der Waals surface area contributed by atoms with E-state index >= 15 is 0 Å². The molecule has 3 N–H and O–H groups in total. The zero-order valence-electron chi connectivity index (χ0n) is 15.0. The van der Waals surface area contributed by atoms with Gasteiger partial charge in [-0.05, 0) is 18.2 Å². The molecule has 0 spiro atoms. The number of carbonyl (C=O) groups is 1. The molecule has 2 aliphatic rings. The van der Waals surface area contributed by atoms with Crippen LogP contribution in [0.15, 0.2) is 29.4 Å². The molecule has 1 saturated heterocycles. The lowest BCUT2D eigenvalue weighted by molar-refractivity contribution is -0.155. The van der Waals surface area contributed by atoms with Crippen LogP contribution < -0.4 is 10.1 Å². The van der Waals surface area contributed by atoms with Crippen molar-refractivity contribution in [3.05, 3.63) is 40.0 Å². The number of hydrogen-bond donors (Lipinski definition) is 3. The number of aliphatic hydroxyl groups is 2. The second kappa shape index (κ2) is 8.41. The fourth-order valence-electron chi connectivity index (χ4n) is 2.90. The number of halogens is 4. The summed E-state index contributed by atoms with van der Waals surface area (Å²) in [5.74, 6) is -3.82. The fraction of sp³-hybridized carbons (Fsp3) is 0.412. The topological polar surface area (TPSA) is 104 Å². The standard InChI is InChI=1S/C17H17Cl2F2N3O5/c1-28-13-9(18)4-8(5-10(13)19)15(27)23-12-2-3-24(7-22-12)16-17(20,21)14(26)11(6-25)29-16/h2-5,11,14,16,25-26H,6-7H2,1H3,(H,22,23,27). The van der Waals surface area contributed by atoms with Crippen molar-refractivity contribution in [1.82, 2.24) is 10.2 Å². The summed E-state index contributed by atoms with van der Waals surface area (Å²) in [4.78, 5) is 17.4. The Bertz CT molecular complexity index is 844. The Hall–Kier alpha value is -1.98. The van der Waals surface area contributed by atoms with E-state index in [0.717, 1.165) is 4.90 Å². The number of aliphatic hydroxyl groups excluding tert-OH is 2. The lowest BCUT2D eigenvalue weighted by atomic mass is 10.1. The Morgan fingerprint density at radius 1 is 1.45 bits per heavy atom. The SMILES string of the molecule is COc1c(Cl)cc(C(=O)NC2=NCN(C3OC(CO)C(O)C3(F)F)C=C2)cc1Cl. The Morgan fingerprint density at radius 3 is 2.59 bits per heavy atom. The van der Waals surface area contributed by atoms with Crippen molar-refractivity contribution >= 4 is 34.9 Å². The number of nitrogens with one attached hydrogen (secondary N) is 1. The normalized spacial score (nSPS) is 25.7. The van der Waals surface area contributed by atoms with Gasteiger partial charge in [-0.1, -0.05) is 23.2 Å². The van der Waals surface area contributed by atoms with Crippen molar-refractivity contribution in [3.8, 4) is 5.75 Å². The number of amides is 1. The summed E-state index contributed by atoms with van der Waals surface area (Å²) in [5, 5.41) is 21.4. The first kappa shape index (κ1) is 21.7. The minimum Gasteiger partial charge on any atom is -0.494 e. The maximum absolute atomic E-state index is 14.2. The molecule has 158 valence electrons. The van der Waals surface area contributed by atoms with E-state index in [2.05, 4.69) is 10.3 Å². The van der Waals surface area contributed by atoms with Crippen LogP contribution in [0.2, 0.25) is 10.0 Å². The van der Waals surface area contributed by atoms with Crippen molar-refractivity contribution in [1.29, 1.82) is 0 Å². The van der Waals surface area contributed by atoms with Crippen LogP contribution in [-0.4, -0.2) is 71.6 Å². The van der Waals surface area contributed by atoms with E-state index in [0.29, 0.717) is 0 Å². The summed E-state index contributed by atoms with van der Waals surface area (Å²) in [5.41, 5.74) is 0.152. The van der Waals surface area contributed by atoms with Crippen LogP contribution in [0.4, 0.5) is 8.78 Å². The van der Waals surface area contributed by atoms with E-state index < -0.39 is 36.9 Å². The van der Waals surface area contributed by atoms with Gasteiger partial charge in [0, 0.05) is 11.8 Å². The van der Waals surface area contributed by atoms with Crippen LogP contribution in [0.1, 0.15) is 10.4 Å². The van der Waals surface area contributed by atoms with Gasteiger partial charge in [0.2, 0.25) is 0 Å². The van der Waals surface area contributed by atoms with Crippen LogP contribution in [-0.2, 0) is 4.74 Å². The molecule has 3 unspecified atom stereocenters. The second-order valence-corrected chi connectivity index (χ2v) is 7.09. The minimum atomic E-state index is -3.61. The average molecular weight is 452 g/mol. The zero-order valence-corrected chi connectivity index (χ0v) is 16.5. The Kier molecular flexibility index (Phi) is 6.30. The molecular weight excluding hydrogens is 435 g/mol. The fourth-order valence-corrected chi connectivity index (χ4v) is 3.54. The molecule has 1 aromatic rings. The number of benzene rings is 1. The van der Waals surface area contributed by atoms with Gasteiger partial charge in [-0.2, -0.15) is 8.78 Å². The molecule has 1 amide bonds. The Balaban J connectivity index is 1.67. The first-order valence-electron chi connectivity index (χ1n) is 8.34. The van der Waals surface area contributed by atoms with E-state index in [4.69, 9.17) is 37.8 Å². The molecule has 0 saturated carbocycles. The summed E-state index contributed by atoms with van der Waals surface area (Å²) in [7, 11) is 1.39. The molecule has 8 nitrogen and oxygen atoms in total. The van der Waals surface area contributed by atoms with Gasteiger partial charge >= 0.3 is 5.92 Å². The predicted octanol–water partition coefficient (Wildman–Crippen LogP) is 1.63. The molecule has 0 aliphatic carbocycles. The van der Waals surface area contributed by atoms with Crippen molar-refractivity contribution in [2.45, 2.75) is 24.4 Å². The van der Waals surface area contributed by atoms with Crippen LogP contribution in [0.5, 0.6) is 5.75 Å². The molecule has 0 radical (unpaired) electrons. The summed E-state index contributed by atoms with van der Waals surface area (Å²) >= 11 is 12.0. The predicted molar refractivity (Wildman–Crippen MR) is 100 cm³/mol. The molecule has 29 heavy (non-hydrogen) atoms. The molecule has 2 heterocycles. The summed E-state index contributed by atoms with van der Waals surface area (Å²) in [6.07, 6.45) is -2.79. The highest BCUT2D eigenvalue weighted by Gasteiger charge is 2.60. The number of alkyl halides is 2. The van der Waals surface area contributed by atoms with Gasteiger partial charge in [-0.15, -0.1) is 0 Å². The lowest BCUT2D eigenvalue weighted by Crippen LogP contribution is -2.48. The number of ether oxygens (including phenoxy) is 2. The highest BCUT2D eigenvalue weighted by Crippen LogP contribution is 2.38. The first-order chi connectivity index (χ1) is 13.7. The maximum atomic E-state index is 14.2. The quantitative estimate of drug-likeness (QED) is 0.642. The number of carbonyl (C=O) groups excluding carboxylic acids is 1. The highest BCUT2D eigenvalue weighted by atomic mass is 35.5. The summed E-state index contributed by atoms with van der Waals surface area (Å²) in [6, 6.07) is 2.73. The van der Waals surface area contributed by atoms with Crippen molar-refractivity contribution in [2.75, 3.05) is 20.4 Å². The molecular formula is C17H17Cl2F2N3O5. The number of amidine groups is 1. The third kappa shape index (κ3) is 4.17. The van der Waals surface area contributed by atoms with E-state index in [1.165, 1.54) is 31.5 Å². The monoisotopic (exact) mass is 451 g/mol. The zero-order chi connectivity index (χ0) is 21.3. The van der Waals surface area contributed by atoms with E-state index in [9.17, 15) is 18.7 Å². The number of rotatable bonds is 4. The Labute approximate surface area is 174 Å². The van der Waals surface area contributed by atoms with Crippen molar-refractivity contribution in [2.24, 2.45) is 4.99 Å². The number of nitrogens with zero attached hydrogens (tertiary/aromatic N) is 2. The molecule has 12 heteroatoms.